The molecule has 0 aliphatic carbocycles. The second-order valence-electron chi connectivity index (χ2n) is 5.87. The lowest BCUT2D eigenvalue weighted by Crippen LogP contribution is -2.39. The van der Waals surface area contributed by atoms with Crippen LogP contribution in [-0.4, -0.2) is 29.7 Å². The van der Waals surface area contributed by atoms with Gasteiger partial charge in [-0.05, 0) is 56.9 Å². The third-order valence-electron chi connectivity index (χ3n) is 3.04. The van der Waals surface area contributed by atoms with Crippen molar-refractivity contribution in [3.63, 3.8) is 0 Å². The van der Waals surface area contributed by atoms with Crippen molar-refractivity contribution in [3.8, 4) is 0 Å². The molecule has 1 amide bonds. The molecular formula is C15H20N2O3. The smallest absolute Gasteiger partial charge is 0.414 e. The number of anilines is 1. The monoisotopic (exact) mass is 276 g/mol. The van der Waals surface area contributed by atoms with Gasteiger partial charge < -0.3 is 9.94 Å². The first-order valence-electron chi connectivity index (χ1n) is 6.71. The summed E-state index contributed by atoms with van der Waals surface area (Å²) in [7, 11) is 0. The molecule has 0 saturated heterocycles. The first kappa shape index (κ1) is 14.4. The van der Waals surface area contributed by atoms with E-state index in [4.69, 9.17) is 9.94 Å². The Labute approximate surface area is 118 Å². The highest BCUT2D eigenvalue weighted by molar-refractivity contribution is 5.90. The molecule has 108 valence electrons. The summed E-state index contributed by atoms with van der Waals surface area (Å²) in [6.07, 6.45) is 2.86. The van der Waals surface area contributed by atoms with E-state index in [0.29, 0.717) is 6.54 Å². The highest BCUT2D eigenvalue weighted by Crippen LogP contribution is 2.29. The van der Waals surface area contributed by atoms with Gasteiger partial charge in [0.15, 0.2) is 0 Å². The van der Waals surface area contributed by atoms with Crippen LogP contribution in [0.3, 0.4) is 0 Å². The predicted octanol–water partition coefficient (Wildman–Crippen LogP) is 3.18. The molecular weight excluding hydrogens is 256 g/mol. The first-order valence-corrected chi connectivity index (χ1v) is 6.71. The number of amides is 1. The fourth-order valence-corrected chi connectivity index (χ4v) is 2.27. The summed E-state index contributed by atoms with van der Waals surface area (Å²) in [5.74, 6) is 0. The molecule has 0 aromatic heterocycles. The third kappa shape index (κ3) is 3.29. The molecule has 0 fully saturated rings. The Morgan fingerprint density at radius 1 is 1.45 bits per heavy atom. The second kappa shape index (κ2) is 5.53. The van der Waals surface area contributed by atoms with Gasteiger partial charge in [0.05, 0.1) is 11.9 Å². The predicted molar refractivity (Wildman–Crippen MR) is 77.7 cm³/mol. The van der Waals surface area contributed by atoms with Crippen LogP contribution in [0.4, 0.5) is 10.5 Å². The molecule has 1 aliphatic heterocycles. The van der Waals surface area contributed by atoms with E-state index >= 15 is 0 Å². The summed E-state index contributed by atoms with van der Waals surface area (Å²) in [6, 6.07) is 5.63. The largest absolute Gasteiger partial charge is 0.443 e. The van der Waals surface area contributed by atoms with Crippen LogP contribution in [0.5, 0.6) is 0 Å². The molecule has 20 heavy (non-hydrogen) atoms. The number of hydrogen-bond acceptors (Lipinski definition) is 4. The van der Waals surface area contributed by atoms with Gasteiger partial charge in [-0.1, -0.05) is 11.2 Å². The standard InChI is InChI=1S/C15H20N2O3/c1-15(2,3)20-14(18)17-8-4-5-12-9-11(10-16-19)6-7-13(12)17/h6-7,9-10,19H,4-5,8H2,1-3H3/b16-10+. The van der Waals surface area contributed by atoms with Crippen molar-refractivity contribution in [2.45, 2.75) is 39.2 Å². The van der Waals surface area contributed by atoms with E-state index in [9.17, 15) is 4.79 Å². The number of rotatable bonds is 1. The van der Waals surface area contributed by atoms with Gasteiger partial charge >= 0.3 is 6.09 Å². The SMILES string of the molecule is CC(C)(C)OC(=O)N1CCCc2cc(/C=N/O)ccc21. The molecule has 0 spiro atoms. The molecule has 5 nitrogen and oxygen atoms in total. The second-order valence-corrected chi connectivity index (χ2v) is 5.87. The van der Waals surface area contributed by atoms with E-state index in [-0.39, 0.29) is 6.09 Å². The van der Waals surface area contributed by atoms with E-state index in [1.54, 1.807) is 4.90 Å². The lowest BCUT2D eigenvalue weighted by molar-refractivity contribution is 0.0578. The summed E-state index contributed by atoms with van der Waals surface area (Å²) < 4.78 is 5.43. The van der Waals surface area contributed by atoms with Gasteiger partial charge in [0.1, 0.15) is 5.60 Å². The molecule has 1 aromatic carbocycles. The van der Waals surface area contributed by atoms with Gasteiger partial charge in [0, 0.05) is 6.54 Å². The minimum absolute atomic E-state index is 0.318. The minimum Gasteiger partial charge on any atom is -0.443 e. The summed E-state index contributed by atoms with van der Waals surface area (Å²) >= 11 is 0. The van der Waals surface area contributed by atoms with Crippen LogP contribution < -0.4 is 4.90 Å². The Morgan fingerprint density at radius 3 is 2.85 bits per heavy atom. The maximum atomic E-state index is 12.2. The van der Waals surface area contributed by atoms with Gasteiger partial charge in [0.2, 0.25) is 0 Å². The quantitative estimate of drug-likeness (QED) is 0.487. The molecule has 0 radical (unpaired) electrons. The average molecular weight is 276 g/mol. The zero-order valence-electron chi connectivity index (χ0n) is 12.1. The number of hydrogen-bond donors (Lipinski definition) is 1. The van der Waals surface area contributed by atoms with Crippen molar-refractivity contribution in [1.29, 1.82) is 0 Å². The summed E-state index contributed by atoms with van der Waals surface area (Å²) in [5, 5.41) is 11.6. The van der Waals surface area contributed by atoms with Crippen LogP contribution in [-0.2, 0) is 11.2 Å². The number of aryl methyl sites for hydroxylation is 1. The van der Waals surface area contributed by atoms with E-state index in [2.05, 4.69) is 5.16 Å². The van der Waals surface area contributed by atoms with E-state index in [0.717, 1.165) is 29.7 Å². The number of benzene rings is 1. The number of oxime groups is 1. The summed E-state index contributed by atoms with van der Waals surface area (Å²) in [5.41, 5.74) is 2.26. The van der Waals surface area contributed by atoms with Crippen molar-refractivity contribution >= 4 is 18.0 Å². The normalized spacial score (nSPS) is 15.2. The van der Waals surface area contributed by atoms with Crippen LogP contribution in [0.1, 0.15) is 38.3 Å². The number of ether oxygens (including phenoxy) is 1. The Kier molecular flexibility index (Phi) is 3.97. The Bertz CT molecular complexity index is 532. The topological polar surface area (TPSA) is 62.1 Å². The maximum Gasteiger partial charge on any atom is 0.414 e. The van der Waals surface area contributed by atoms with Gasteiger partial charge in [-0.3, -0.25) is 4.90 Å². The zero-order chi connectivity index (χ0) is 14.8. The van der Waals surface area contributed by atoms with Crippen molar-refractivity contribution < 1.29 is 14.7 Å². The third-order valence-corrected chi connectivity index (χ3v) is 3.04. The molecule has 1 N–H and O–H groups in total. The molecule has 0 atom stereocenters. The highest BCUT2D eigenvalue weighted by atomic mass is 16.6. The molecule has 0 bridgehead atoms. The lowest BCUT2D eigenvalue weighted by atomic mass is 10.00. The molecule has 2 rings (SSSR count). The Hall–Kier alpha value is -2.04. The number of fused-ring (bicyclic) bond motifs is 1. The molecule has 1 aliphatic rings. The van der Waals surface area contributed by atoms with Gasteiger partial charge in [-0.2, -0.15) is 0 Å². The lowest BCUT2D eigenvalue weighted by Gasteiger charge is -2.31. The molecule has 0 unspecified atom stereocenters. The van der Waals surface area contributed by atoms with E-state index in [1.807, 2.05) is 39.0 Å². The molecule has 5 heteroatoms. The number of carbonyl (C=O) groups excluding carboxylic acids is 1. The van der Waals surface area contributed by atoms with Crippen molar-refractivity contribution in [2.24, 2.45) is 5.16 Å². The van der Waals surface area contributed by atoms with Crippen molar-refractivity contribution in [1.82, 2.24) is 0 Å². The Balaban J connectivity index is 2.26. The highest BCUT2D eigenvalue weighted by Gasteiger charge is 2.27. The van der Waals surface area contributed by atoms with Crippen LogP contribution in [0, 0.1) is 0 Å². The van der Waals surface area contributed by atoms with Crippen LogP contribution in [0.15, 0.2) is 23.4 Å². The zero-order valence-corrected chi connectivity index (χ0v) is 12.1. The first-order chi connectivity index (χ1) is 9.40. The van der Waals surface area contributed by atoms with E-state index < -0.39 is 5.60 Å². The summed E-state index contributed by atoms with van der Waals surface area (Å²) in [6.45, 7) is 6.24. The fourth-order valence-electron chi connectivity index (χ4n) is 2.27. The number of nitrogens with zero attached hydrogens (tertiary/aromatic N) is 2. The number of carbonyl (C=O) groups is 1. The van der Waals surface area contributed by atoms with Crippen molar-refractivity contribution in [3.05, 3.63) is 29.3 Å². The van der Waals surface area contributed by atoms with E-state index in [1.165, 1.54) is 6.21 Å². The van der Waals surface area contributed by atoms with Gasteiger partial charge in [-0.15, -0.1) is 0 Å². The van der Waals surface area contributed by atoms with Gasteiger partial charge in [-0.25, -0.2) is 4.79 Å². The fraction of sp³-hybridized carbons (Fsp3) is 0.467. The van der Waals surface area contributed by atoms with Crippen LogP contribution in [0.2, 0.25) is 0 Å². The van der Waals surface area contributed by atoms with Crippen molar-refractivity contribution in [2.75, 3.05) is 11.4 Å². The van der Waals surface area contributed by atoms with Gasteiger partial charge in [0.25, 0.3) is 0 Å². The summed E-state index contributed by atoms with van der Waals surface area (Å²) in [4.78, 5) is 13.9. The Morgan fingerprint density at radius 2 is 2.20 bits per heavy atom. The minimum atomic E-state index is -0.502. The average Bonchev–Trinajstić information content (AvgIpc) is 2.36. The molecule has 0 saturated carbocycles. The maximum absolute atomic E-state index is 12.2. The van der Waals surface area contributed by atoms with Crippen LogP contribution >= 0.6 is 0 Å². The van der Waals surface area contributed by atoms with Crippen LogP contribution in [0.25, 0.3) is 0 Å². The molecule has 1 aromatic rings. The molecule has 1 heterocycles.